The number of hydrogen-bond donors (Lipinski definition) is 3. The lowest BCUT2D eigenvalue weighted by molar-refractivity contribution is -0.133. The van der Waals surface area contributed by atoms with Gasteiger partial charge in [-0.2, -0.15) is 5.10 Å². The molecule has 2 atom stereocenters. The fourth-order valence-corrected chi connectivity index (χ4v) is 11.0. The molecule has 4 aromatic heterocycles. The summed E-state index contributed by atoms with van der Waals surface area (Å²) in [5.41, 5.74) is 8.28. The van der Waals surface area contributed by atoms with E-state index in [4.69, 9.17) is 9.84 Å². The van der Waals surface area contributed by atoms with E-state index in [0.717, 1.165) is 59.7 Å². The number of aryl methyl sites for hydroxylation is 2. The third kappa shape index (κ3) is 9.33. The minimum atomic E-state index is -0.537. The molecule has 18 heteroatoms. The first-order valence-corrected chi connectivity index (χ1v) is 24.4. The van der Waals surface area contributed by atoms with Crippen LogP contribution in [-0.4, -0.2) is 109 Å². The fourth-order valence-electron chi connectivity index (χ4n) is 11.0. The van der Waals surface area contributed by atoms with Crippen molar-refractivity contribution in [3.63, 3.8) is 0 Å². The highest BCUT2D eigenvalue weighted by Crippen LogP contribution is 2.37. The van der Waals surface area contributed by atoms with Crippen LogP contribution in [0.1, 0.15) is 95.1 Å². The number of nitrogens with one attached hydrogen (secondary N) is 3. The van der Waals surface area contributed by atoms with Crippen molar-refractivity contribution >= 4 is 45.7 Å². The Morgan fingerprint density at radius 1 is 0.944 bits per heavy atom. The number of nitrogens with zero attached hydrogens (tertiary/aromatic N) is 8. The molecule has 0 bridgehead atoms. The van der Waals surface area contributed by atoms with E-state index < -0.39 is 17.7 Å². The normalized spacial score (nSPS) is 18.5. The summed E-state index contributed by atoms with van der Waals surface area (Å²) in [6, 6.07) is 15.8. The van der Waals surface area contributed by atoms with Crippen molar-refractivity contribution in [2.45, 2.75) is 83.6 Å². The molecule has 0 saturated carbocycles. The molecule has 2 saturated heterocycles. The average molecular weight is 968 g/mol. The number of benzene rings is 2. The molecule has 2 fully saturated rings. The van der Waals surface area contributed by atoms with Crippen molar-refractivity contribution in [1.29, 1.82) is 0 Å². The van der Waals surface area contributed by atoms with Gasteiger partial charge in [0.1, 0.15) is 23.3 Å². The first kappa shape index (κ1) is 47.5. The Morgan fingerprint density at radius 3 is 2.49 bits per heavy atom. The molecule has 370 valence electrons. The van der Waals surface area contributed by atoms with E-state index in [1.165, 1.54) is 28.5 Å². The lowest BCUT2D eigenvalue weighted by atomic mass is 9.89. The van der Waals surface area contributed by atoms with Crippen LogP contribution >= 0.6 is 0 Å². The first-order chi connectivity index (χ1) is 34.3. The predicted molar refractivity (Wildman–Crippen MR) is 267 cm³/mol. The number of anilines is 2. The van der Waals surface area contributed by atoms with Gasteiger partial charge in [0, 0.05) is 87.2 Å². The number of amides is 3. The van der Waals surface area contributed by atoms with Crippen LogP contribution in [0.4, 0.5) is 20.2 Å². The smallest absolute Gasteiger partial charge is 0.257 e. The minimum Gasteiger partial charge on any atom is -0.495 e. The molecule has 4 aliphatic heterocycles. The summed E-state index contributed by atoms with van der Waals surface area (Å²) in [6.07, 6.45) is 8.18. The van der Waals surface area contributed by atoms with Gasteiger partial charge in [-0.05, 0) is 118 Å². The number of hydrogen-bond acceptors (Lipinski definition) is 11. The van der Waals surface area contributed by atoms with E-state index >= 15 is 4.39 Å². The Hall–Kier alpha value is -7.18. The zero-order chi connectivity index (χ0) is 49.7. The summed E-state index contributed by atoms with van der Waals surface area (Å²) in [7, 11) is 5.12. The molecular weight excluding hydrogens is 909 g/mol. The molecule has 10 rings (SSSR count). The first-order valence-electron chi connectivity index (χ1n) is 24.4. The minimum absolute atomic E-state index is 0.0539. The van der Waals surface area contributed by atoms with Crippen LogP contribution in [0.25, 0.3) is 22.3 Å². The van der Waals surface area contributed by atoms with Crippen LogP contribution < -0.4 is 26.2 Å². The number of methoxy groups -OCH3 is 1. The highest BCUT2D eigenvalue weighted by molar-refractivity contribution is 6.01. The molecule has 3 N–H and O–H groups in total. The Balaban J connectivity index is 0.745. The van der Waals surface area contributed by atoms with Crippen LogP contribution in [0.3, 0.4) is 0 Å². The number of piperidine rings is 2. The topological polar surface area (TPSA) is 164 Å². The van der Waals surface area contributed by atoms with Crippen molar-refractivity contribution in [3.05, 3.63) is 134 Å². The van der Waals surface area contributed by atoms with Gasteiger partial charge in [-0.15, -0.1) is 0 Å². The number of aromatic nitrogens is 5. The second-order valence-corrected chi connectivity index (χ2v) is 19.2. The molecule has 16 nitrogen and oxygen atoms in total. The predicted octanol–water partition coefficient (Wildman–Crippen LogP) is 6.66. The zero-order valence-electron chi connectivity index (χ0n) is 40.7. The summed E-state index contributed by atoms with van der Waals surface area (Å²) < 4.78 is 42.0. The monoisotopic (exact) mass is 967 g/mol. The molecule has 8 heterocycles. The van der Waals surface area contributed by atoms with E-state index in [0.29, 0.717) is 98.2 Å². The van der Waals surface area contributed by atoms with Crippen LogP contribution in [0.15, 0.2) is 77.9 Å². The van der Waals surface area contributed by atoms with E-state index in [9.17, 15) is 23.6 Å². The van der Waals surface area contributed by atoms with Gasteiger partial charge >= 0.3 is 0 Å². The molecule has 6 aromatic rings. The van der Waals surface area contributed by atoms with Crippen LogP contribution in [0.2, 0.25) is 0 Å². The van der Waals surface area contributed by atoms with Crippen molar-refractivity contribution < 1.29 is 27.9 Å². The molecule has 0 spiro atoms. The van der Waals surface area contributed by atoms with Crippen molar-refractivity contribution in [3.8, 4) is 11.4 Å². The van der Waals surface area contributed by atoms with Crippen molar-refractivity contribution in [2.24, 2.45) is 7.05 Å². The second-order valence-electron chi connectivity index (χ2n) is 19.2. The average Bonchev–Trinajstić information content (AvgIpc) is 3.94. The molecule has 71 heavy (non-hydrogen) atoms. The summed E-state index contributed by atoms with van der Waals surface area (Å²) in [6.45, 7) is 9.16. The van der Waals surface area contributed by atoms with E-state index in [-0.39, 0.29) is 35.0 Å². The van der Waals surface area contributed by atoms with Crippen LogP contribution in [0, 0.1) is 18.6 Å². The van der Waals surface area contributed by atoms with Gasteiger partial charge in [0.2, 0.25) is 11.8 Å². The highest BCUT2D eigenvalue weighted by Gasteiger charge is 2.31. The molecule has 3 amide bonds. The molecule has 2 aromatic carbocycles. The zero-order valence-corrected chi connectivity index (χ0v) is 40.7. The number of halogens is 2. The van der Waals surface area contributed by atoms with E-state index in [1.54, 1.807) is 31.3 Å². The molecule has 0 unspecified atom stereocenters. The van der Waals surface area contributed by atoms with Gasteiger partial charge < -0.3 is 24.8 Å². The number of rotatable bonds is 12. The third-order valence-corrected chi connectivity index (χ3v) is 14.9. The summed E-state index contributed by atoms with van der Waals surface area (Å²) in [5, 5.41) is 14.0. The standard InChI is InChI=1S/C53H59F2N11O5/c1-31-22-36(23-40(54)50(31)34-13-18-63(19-14-34)32(2)46-26-39-45(10-15-57-51(39)61(46)4)65-30-41(55)44(56-3)27-49(65)68)53(70)64-20-21-66-38(29-64)25-37(60-66)28-62-16-11-33(12-17-62)35-6-7-42(47(24-35)71-5)58-43-8-9-48(67)59-52(43)69/h6-7,10,13,15,22-27,30,32-33,43,56,58H,8-9,11-12,14,16-21,28-29H2,1-5H3,(H,59,67,69)/t32-,43+/m0/s1. The SMILES string of the molecule is CNc1cc(=O)n(-c2ccnc3c2cc([C@H](C)N2CC=C(c4c(C)cc(C(=O)N5CCn6nc(CN7CCC(c8ccc(N[C@@H]9CCC(=O)NC9=O)c(OC)c8)CC7)cc6C5)cc4F)CC2)n3C)cc1F. The number of carbonyl (C=O) groups excluding carboxylic acids is 3. The van der Waals surface area contributed by atoms with Crippen LogP contribution in [0.5, 0.6) is 5.75 Å². The molecular formula is C53H59F2N11O5. The van der Waals surface area contributed by atoms with Crippen molar-refractivity contribution in [1.82, 2.24) is 43.9 Å². The van der Waals surface area contributed by atoms with Gasteiger partial charge in [-0.25, -0.2) is 13.8 Å². The maximum Gasteiger partial charge on any atom is 0.257 e. The van der Waals surface area contributed by atoms with E-state index in [1.807, 2.05) is 47.5 Å². The highest BCUT2D eigenvalue weighted by atomic mass is 19.1. The van der Waals surface area contributed by atoms with Gasteiger partial charge in [0.15, 0.2) is 5.82 Å². The summed E-state index contributed by atoms with van der Waals surface area (Å²) in [4.78, 5) is 62.0. The third-order valence-electron chi connectivity index (χ3n) is 14.9. The number of ether oxygens (including phenoxy) is 1. The molecule has 4 aliphatic rings. The van der Waals surface area contributed by atoms with Gasteiger partial charge in [-0.1, -0.05) is 12.1 Å². The van der Waals surface area contributed by atoms with Gasteiger partial charge in [0.25, 0.3) is 11.5 Å². The van der Waals surface area contributed by atoms with Gasteiger partial charge in [0.05, 0.1) is 54.8 Å². The lowest BCUT2D eigenvalue weighted by Crippen LogP contribution is -2.47. The Kier molecular flexibility index (Phi) is 13.1. The number of likely N-dealkylation sites (tertiary alicyclic amines) is 1. The Labute approximate surface area is 410 Å². The quantitative estimate of drug-likeness (QED) is 0.113. The summed E-state index contributed by atoms with van der Waals surface area (Å²) >= 11 is 0. The molecule has 0 radical (unpaired) electrons. The fraction of sp³-hybridized carbons (Fsp3) is 0.396. The molecule has 0 aliphatic carbocycles. The number of carbonyl (C=O) groups is 3. The number of imide groups is 1. The van der Waals surface area contributed by atoms with E-state index in [2.05, 4.69) is 55.9 Å². The maximum absolute atomic E-state index is 16.2. The number of pyridine rings is 2. The van der Waals surface area contributed by atoms with Crippen molar-refractivity contribution in [2.75, 3.05) is 57.5 Å². The Morgan fingerprint density at radius 2 is 1.76 bits per heavy atom. The number of fused-ring (bicyclic) bond motifs is 2. The van der Waals surface area contributed by atoms with Gasteiger partial charge in [-0.3, -0.25) is 43.5 Å². The lowest BCUT2D eigenvalue weighted by Gasteiger charge is -2.32. The second kappa shape index (κ2) is 19.5. The maximum atomic E-state index is 16.2. The Bertz CT molecular complexity index is 3150. The van der Waals surface area contributed by atoms with Crippen LogP contribution in [-0.2, 0) is 36.3 Å². The largest absolute Gasteiger partial charge is 0.495 e. The summed E-state index contributed by atoms with van der Waals surface area (Å²) in [5.74, 6) is -0.696.